The van der Waals surface area contributed by atoms with Gasteiger partial charge in [0.15, 0.2) is 0 Å². The molecule has 0 unspecified atom stereocenters. The molecule has 2 nitrogen and oxygen atoms in total. The van der Waals surface area contributed by atoms with E-state index in [9.17, 15) is 4.39 Å². The highest BCUT2D eigenvalue weighted by Crippen LogP contribution is 2.25. The molecule has 0 bridgehead atoms. The van der Waals surface area contributed by atoms with Gasteiger partial charge in [0.2, 0.25) is 0 Å². The zero-order valence-corrected chi connectivity index (χ0v) is 10.6. The van der Waals surface area contributed by atoms with Crippen LogP contribution in [-0.4, -0.2) is 11.0 Å². The molecule has 0 aliphatic heterocycles. The summed E-state index contributed by atoms with van der Waals surface area (Å²) in [6.07, 6.45) is 2.57. The Hall–Kier alpha value is -0.710. The maximum Gasteiger partial charge on any atom is 0.142 e. The molecule has 0 spiro atoms. The first-order valence-corrected chi connectivity index (χ1v) is 5.16. The molecule has 1 aromatic heterocycles. The monoisotopic (exact) mass is 260 g/mol. The molecule has 1 atom stereocenters. The minimum absolute atomic E-state index is 0. The van der Waals surface area contributed by atoms with Gasteiger partial charge in [-0.25, -0.2) is 4.39 Å². The quantitative estimate of drug-likeness (QED) is 0.857. The molecule has 2 aromatic rings. The molecule has 0 radical (unpaired) electrons. The van der Waals surface area contributed by atoms with E-state index in [2.05, 4.69) is 4.98 Å². The van der Waals surface area contributed by atoms with Crippen molar-refractivity contribution in [1.29, 1.82) is 0 Å². The molecule has 0 aliphatic carbocycles. The van der Waals surface area contributed by atoms with Crippen molar-refractivity contribution in [2.75, 3.05) is 0 Å². The smallest absolute Gasteiger partial charge is 0.142 e. The number of aromatic amines is 1. The van der Waals surface area contributed by atoms with Crippen molar-refractivity contribution in [3.63, 3.8) is 0 Å². The van der Waals surface area contributed by atoms with Crippen molar-refractivity contribution in [2.45, 2.75) is 19.4 Å². The molecule has 3 N–H and O–H groups in total. The van der Waals surface area contributed by atoms with Crippen LogP contribution in [0.5, 0.6) is 0 Å². The number of halogens is 2. The van der Waals surface area contributed by atoms with Crippen LogP contribution < -0.4 is 5.73 Å². The second-order valence-corrected chi connectivity index (χ2v) is 4.21. The number of hydrogen-bond acceptors (Lipinski definition) is 1. The average molecular weight is 261 g/mol. The van der Waals surface area contributed by atoms with Gasteiger partial charge in [0.25, 0.3) is 0 Å². The standard InChI is InChI=1S/C11H12ClFN2.H2S/c1-6(14)2-7-5-15-11-4-9(12)10(13)3-8(7)11;/h3-6,15H,2,14H2,1H3;1H2/t6-;/m0./s1. The van der Waals surface area contributed by atoms with Crippen LogP contribution in [-0.2, 0) is 6.42 Å². The number of hydrogen-bond donors (Lipinski definition) is 2. The number of nitrogens with one attached hydrogen (secondary N) is 1. The highest BCUT2D eigenvalue weighted by molar-refractivity contribution is 7.59. The summed E-state index contributed by atoms with van der Waals surface area (Å²) >= 11 is 5.68. The fourth-order valence-corrected chi connectivity index (χ4v) is 1.85. The van der Waals surface area contributed by atoms with E-state index in [0.717, 1.165) is 22.9 Å². The summed E-state index contributed by atoms with van der Waals surface area (Å²) in [5, 5.41) is 0.992. The predicted octanol–water partition coefficient (Wildman–Crippen LogP) is 2.96. The van der Waals surface area contributed by atoms with Gasteiger partial charge in [-0.05, 0) is 31.0 Å². The number of rotatable bonds is 2. The summed E-state index contributed by atoms with van der Waals surface area (Å²) in [6.45, 7) is 1.92. The van der Waals surface area contributed by atoms with E-state index in [0.29, 0.717) is 0 Å². The lowest BCUT2D eigenvalue weighted by molar-refractivity contribution is 0.630. The molecule has 0 amide bonds. The van der Waals surface area contributed by atoms with Crippen LogP contribution in [0.1, 0.15) is 12.5 Å². The minimum atomic E-state index is -0.394. The number of H-pyrrole nitrogens is 1. The molecule has 2 rings (SSSR count). The maximum absolute atomic E-state index is 13.3. The molecule has 5 heteroatoms. The van der Waals surface area contributed by atoms with E-state index in [4.69, 9.17) is 17.3 Å². The van der Waals surface area contributed by atoms with Crippen LogP contribution in [0.4, 0.5) is 4.39 Å². The van der Waals surface area contributed by atoms with E-state index >= 15 is 0 Å². The topological polar surface area (TPSA) is 41.8 Å². The molecule has 0 saturated heterocycles. The van der Waals surface area contributed by atoms with Gasteiger partial charge in [0.1, 0.15) is 5.82 Å². The average Bonchev–Trinajstić information content (AvgIpc) is 2.49. The first kappa shape index (κ1) is 13.4. The van der Waals surface area contributed by atoms with Crippen LogP contribution in [0.15, 0.2) is 18.3 Å². The van der Waals surface area contributed by atoms with Crippen molar-refractivity contribution in [1.82, 2.24) is 4.98 Å². The second kappa shape index (κ2) is 5.08. The number of nitrogens with two attached hydrogens (primary N) is 1. The molecule has 0 fully saturated rings. The Balaban J connectivity index is 0.00000128. The van der Waals surface area contributed by atoms with Gasteiger partial charge in [-0.2, -0.15) is 13.5 Å². The lowest BCUT2D eigenvalue weighted by Crippen LogP contribution is -2.17. The zero-order chi connectivity index (χ0) is 11.0. The van der Waals surface area contributed by atoms with E-state index in [1.165, 1.54) is 6.07 Å². The molecule has 16 heavy (non-hydrogen) atoms. The second-order valence-electron chi connectivity index (χ2n) is 3.81. The summed E-state index contributed by atoms with van der Waals surface area (Å²) in [5.74, 6) is -0.394. The summed E-state index contributed by atoms with van der Waals surface area (Å²) in [5.41, 5.74) is 7.58. The Labute approximate surface area is 105 Å². The van der Waals surface area contributed by atoms with Gasteiger partial charge in [0.05, 0.1) is 5.02 Å². The Bertz CT molecular complexity index is 496. The third-order valence-corrected chi connectivity index (χ3v) is 2.64. The Morgan fingerprint density at radius 1 is 1.50 bits per heavy atom. The first-order chi connectivity index (χ1) is 7.08. The highest BCUT2D eigenvalue weighted by Gasteiger charge is 2.09. The minimum Gasteiger partial charge on any atom is -0.361 e. The van der Waals surface area contributed by atoms with Crippen LogP contribution in [0.25, 0.3) is 10.9 Å². The Morgan fingerprint density at radius 2 is 2.19 bits per heavy atom. The third kappa shape index (κ3) is 2.51. The number of aromatic nitrogens is 1. The largest absolute Gasteiger partial charge is 0.361 e. The van der Waals surface area contributed by atoms with Gasteiger partial charge in [-0.1, -0.05) is 11.6 Å². The fourth-order valence-electron chi connectivity index (χ4n) is 1.69. The fraction of sp³-hybridized carbons (Fsp3) is 0.273. The van der Waals surface area contributed by atoms with Crippen molar-refractivity contribution >= 4 is 36.0 Å². The Kier molecular flexibility index (Phi) is 4.24. The third-order valence-electron chi connectivity index (χ3n) is 2.35. The molecule has 88 valence electrons. The molecule has 1 aromatic carbocycles. The Morgan fingerprint density at radius 3 is 2.81 bits per heavy atom. The van der Waals surface area contributed by atoms with Crippen molar-refractivity contribution in [2.24, 2.45) is 5.73 Å². The first-order valence-electron chi connectivity index (χ1n) is 4.78. The zero-order valence-electron chi connectivity index (χ0n) is 8.85. The number of benzene rings is 1. The summed E-state index contributed by atoms with van der Waals surface area (Å²) in [6, 6.07) is 3.10. The van der Waals surface area contributed by atoms with Crippen LogP contribution in [0.3, 0.4) is 0 Å². The molecule has 1 heterocycles. The van der Waals surface area contributed by atoms with E-state index in [1.807, 2.05) is 13.1 Å². The molecule has 0 aliphatic rings. The van der Waals surface area contributed by atoms with Gasteiger partial charge >= 0.3 is 0 Å². The van der Waals surface area contributed by atoms with Crippen molar-refractivity contribution in [3.05, 3.63) is 34.7 Å². The molecular formula is C11H14ClFN2S. The maximum atomic E-state index is 13.3. The van der Waals surface area contributed by atoms with Crippen molar-refractivity contribution < 1.29 is 4.39 Å². The number of fused-ring (bicyclic) bond motifs is 1. The van der Waals surface area contributed by atoms with Crippen LogP contribution >= 0.6 is 25.1 Å². The summed E-state index contributed by atoms with van der Waals surface area (Å²) < 4.78 is 13.3. The van der Waals surface area contributed by atoms with Gasteiger partial charge in [-0.15, -0.1) is 0 Å². The summed E-state index contributed by atoms with van der Waals surface area (Å²) in [7, 11) is 0. The van der Waals surface area contributed by atoms with Crippen LogP contribution in [0, 0.1) is 5.82 Å². The van der Waals surface area contributed by atoms with E-state index < -0.39 is 5.82 Å². The van der Waals surface area contributed by atoms with Crippen LogP contribution in [0.2, 0.25) is 5.02 Å². The van der Waals surface area contributed by atoms with E-state index in [-0.39, 0.29) is 24.6 Å². The summed E-state index contributed by atoms with van der Waals surface area (Å²) in [4.78, 5) is 3.05. The van der Waals surface area contributed by atoms with Gasteiger partial charge in [-0.3, -0.25) is 0 Å². The predicted molar refractivity (Wildman–Crippen MR) is 71.0 cm³/mol. The molecule has 0 saturated carbocycles. The van der Waals surface area contributed by atoms with E-state index in [1.54, 1.807) is 6.07 Å². The highest BCUT2D eigenvalue weighted by atomic mass is 35.5. The molecular weight excluding hydrogens is 247 g/mol. The lowest BCUT2D eigenvalue weighted by atomic mass is 10.1. The van der Waals surface area contributed by atoms with Gasteiger partial charge < -0.3 is 10.7 Å². The normalized spacial score (nSPS) is 12.5. The van der Waals surface area contributed by atoms with Gasteiger partial charge in [0, 0.05) is 23.1 Å². The lowest BCUT2D eigenvalue weighted by Gasteiger charge is -2.03. The SMILES string of the molecule is C[C@H](N)Cc1c[nH]c2cc(Cl)c(F)cc12.S. The van der Waals surface area contributed by atoms with Crippen molar-refractivity contribution in [3.8, 4) is 0 Å².